The lowest BCUT2D eigenvalue weighted by atomic mass is 10.6. The van der Waals surface area contributed by atoms with Crippen LogP contribution in [0.3, 0.4) is 0 Å². The van der Waals surface area contributed by atoms with Crippen molar-refractivity contribution in [2.75, 3.05) is 11.9 Å². The second-order valence-electron chi connectivity index (χ2n) is 1.87. The molecule has 0 bridgehead atoms. The molecule has 8 heteroatoms. The smallest absolute Gasteiger partial charge is 0.358 e. The molecule has 0 fully saturated rings. The topological polar surface area (TPSA) is 37.8 Å². The molecule has 0 aliphatic rings. The zero-order chi connectivity index (χ0) is 9.19. The molecule has 0 atom stereocenters. The van der Waals surface area contributed by atoms with E-state index in [1.54, 1.807) is 0 Å². The van der Waals surface area contributed by atoms with E-state index in [1.165, 1.54) is 0 Å². The zero-order valence-corrected chi connectivity index (χ0v) is 7.09. The van der Waals surface area contributed by atoms with Crippen molar-refractivity contribution in [3.8, 4) is 0 Å². The van der Waals surface area contributed by atoms with E-state index < -0.39 is 12.7 Å². The Bertz CT molecular complexity index is 260. The first-order valence-corrected chi connectivity index (χ1v) is 3.88. The van der Waals surface area contributed by atoms with E-state index in [0.29, 0.717) is 0 Å². The molecule has 0 unspecified atom stereocenters. The van der Waals surface area contributed by atoms with Crippen LogP contribution >= 0.6 is 23.3 Å². The van der Waals surface area contributed by atoms with Gasteiger partial charge in [-0.25, -0.2) is 0 Å². The molecule has 68 valence electrons. The Morgan fingerprint density at radius 1 is 1.42 bits per heavy atom. The number of aromatic nitrogens is 2. The average Bonchev–Trinajstić information content (AvgIpc) is 2.29. The third kappa shape index (κ3) is 2.82. The average molecular weight is 218 g/mol. The molecular formula is C4H3ClF3N3S. The SMILES string of the molecule is FC(F)(F)CNc1nsnc1Cl. The predicted octanol–water partition coefficient (Wildman–Crippen LogP) is 2.17. The normalized spacial score (nSPS) is 11.7. The molecule has 0 saturated carbocycles. The number of nitrogens with one attached hydrogen (secondary N) is 1. The molecule has 1 aromatic rings. The van der Waals surface area contributed by atoms with Crippen molar-refractivity contribution < 1.29 is 13.2 Å². The second kappa shape index (κ2) is 3.44. The number of hydrogen-bond donors (Lipinski definition) is 1. The lowest BCUT2D eigenvalue weighted by Gasteiger charge is -2.05. The van der Waals surface area contributed by atoms with Crippen LogP contribution in [0.4, 0.5) is 19.0 Å². The van der Waals surface area contributed by atoms with Crippen LogP contribution in [0.5, 0.6) is 0 Å². The lowest BCUT2D eigenvalue weighted by Crippen LogP contribution is -2.21. The fourth-order valence-electron chi connectivity index (χ4n) is 0.467. The van der Waals surface area contributed by atoms with Crippen molar-refractivity contribution in [1.29, 1.82) is 0 Å². The molecule has 0 spiro atoms. The summed E-state index contributed by atoms with van der Waals surface area (Å²) < 4.78 is 41.9. The summed E-state index contributed by atoms with van der Waals surface area (Å²) >= 11 is 6.13. The molecule has 0 amide bonds. The molecule has 0 aliphatic heterocycles. The minimum absolute atomic E-state index is 0.0287. The van der Waals surface area contributed by atoms with E-state index in [9.17, 15) is 13.2 Å². The van der Waals surface area contributed by atoms with Gasteiger partial charge in [0.25, 0.3) is 0 Å². The van der Waals surface area contributed by atoms with Crippen molar-refractivity contribution in [2.45, 2.75) is 6.18 Å². The molecule has 1 heterocycles. The summed E-state index contributed by atoms with van der Waals surface area (Å²) in [6.45, 7) is -1.15. The van der Waals surface area contributed by atoms with Gasteiger partial charge in [0.05, 0.1) is 11.7 Å². The molecule has 0 radical (unpaired) electrons. The van der Waals surface area contributed by atoms with Crippen molar-refractivity contribution in [3.05, 3.63) is 5.15 Å². The Labute approximate surface area is 74.9 Å². The van der Waals surface area contributed by atoms with Crippen LogP contribution in [0.15, 0.2) is 0 Å². The number of hydrogen-bond acceptors (Lipinski definition) is 4. The first-order chi connectivity index (χ1) is 5.49. The maximum absolute atomic E-state index is 11.6. The summed E-state index contributed by atoms with van der Waals surface area (Å²) in [4.78, 5) is 0. The van der Waals surface area contributed by atoms with Crippen molar-refractivity contribution >= 4 is 29.1 Å². The summed E-state index contributed by atoms with van der Waals surface area (Å²) in [6, 6.07) is 0. The Hall–Kier alpha value is -0.560. The maximum Gasteiger partial charge on any atom is 0.405 e. The van der Waals surface area contributed by atoms with Crippen molar-refractivity contribution in [2.24, 2.45) is 0 Å². The van der Waals surface area contributed by atoms with Crippen LogP contribution in [0, 0.1) is 0 Å². The third-order valence-corrected chi connectivity index (χ3v) is 1.80. The summed E-state index contributed by atoms with van der Waals surface area (Å²) in [5, 5.41) is 1.98. The first-order valence-electron chi connectivity index (χ1n) is 2.78. The van der Waals surface area contributed by atoms with Gasteiger partial charge in [0.1, 0.15) is 6.54 Å². The molecule has 1 N–H and O–H groups in total. The molecule has 1 aromatic heterocycles. The van der Waals surface area contributed by atoms with Crippen LogP contribution in [0.1, 0.15) is 0 Å². The van der Waals surface area contributed by atoms with Gasteiger partial charge in [-0.15, -0.1) is 0 Å². The van der Waals surface area contributed by atoms with Gasteiger partial charge >= 0.3 is 6.18 Å². The predicted molar refractivity (Wildman–Crippen MR) is 39.5 cm³/mol. The molecule has 3 nitrogen and oxygen atoms in total. The number of rotatable bonds is 2. The minimum Gasteiger partial charge on any atom is -0.358 e. The summed E-state index contributed by atoms with van der Waals surface area (Å²) in [5.41, 5.74) is 0. The van der Waals surface area contributed by atoms with Crippen LogP contribution in [-0.4, -0.2) is 21.5 Å². The zero-order valence-electron chi connectivity index (χ0n) is 5.52. The highest BCUT2D eigenvalue weighted by molar-refractivity contribution is 6.99. The molecule has 0 aliphatic carbocycles. The van der Waals surface area contributed by atoms with Crippen LogP contribution in [0.2, 0.25) is 5.15 Å². The Morgan fingerprint density at radius 2 is 2.08 bits per heavy atom. The van der Waals surface area contributed by atoms with Gasteiger partial charge in [-0.05, 0) is 0 Å². The number of anilines is 1. The first kappa shape index (κ1) is 9.53. The largest absolute Gasteiger partial charge is 0.405 e. The molecule has 12 heavy (non-hydrogen) atoms. The van der Waals surface area contributed by atoms with Gasteiger partial charge in [0.15, 0.2) is 11.0 Å². The molecular weight excluding hydrogens is 215 g/mol. The van der Waals surface area contributed by atoms with Crippen LogP contribution < -0.4 is 5.32 Å². The van der Waals surface area contributed by atoms with Crippen LogP contribution in [0.25, 0.3) is 0 Å². The quantitative estimate of drug-likeness (QED) is 0.825. The third-order valence-electron chi connectivity index (χ3n) is 0.905. The van der Waals surface area contributed by atoms with E-state index in [0.717, 1.165) is 11.7 Å². The Balaban J connectivity index is 2.49. The molecule has 0 aromatic carbocycles. The van der Waals surface area contributed by atoms with Gasteiger partial charge in [-0.3, -0.25) is 0 Å². The van der Waals surface area contributed by atoms with Gasteiger partial charge < -0.3 is 5.32 Å². The van der Waals surface area contributed by atoms with Gasteiger partial charge in [-0.2, -0.15) is 21.9 Å². The van der Waals surface area contributed by atoms with Crippen LogP contribution in [-0.2, 0) is 0 Å². The highest BCUT2D eigenvalue weighted by Crippen LogP contribution is 2.20. The van der Waals surface area contributed by atoms with Gasteiger partial charge in [-0.1, -0.05) is 11.6 Å². The van der Waals surface area contributed by atoms with Crippen molar-refractivity contribution in [1.82, 2.24) is 8.75 Å². The maximum atomic E-state index is 11.6. The monoisotopic (exact) mass is 217 g/mol. The second-order valence-corrected chi connectivity index (χ2v) is 2.76. The number of alkyl halides is 3. The number of nitrogens with zero attached hydrogens (tertiary/aromatic N) is 2. The van der Waals surface area contributed by atoms with Gasteiger partial charge in [0, 0.05) is 0 Å². The standard InChI is InChI=1S/C4H3ClF3N3S/c5-2-3(11-12-10-2)9-1-4(6,7)8/h1H2,(H,9,11). The van der Waals surface area contributed by atoms with E-state index in [4.69, 9.17) is 11.6 Å². The molecule has 1 rings (SSSR count). The number of halogens is 4. The summed E-state index contributed by atoms with van der Waals surface area (Å²) in [6.07, 6.45) is -4.27. The van der Waals surface area contributed by atoms with E-state index in [1.807, 2.05) is 5.32 Å². The Kier molecular flexibility index (Phi) is 2.73. The fraction of sp³-hybridized carbons (Fsp3) is 0.500. The molecule has 0 saturated heterocycles. The highest BCUT2D eigenvalue weighted by Gasteiger charge is 2.27. The lowest BCUT2D eigenvalue weighted by molar-refractivity contribution is -0.115. The Morgan fingerprint density at radius 3 is 2.50 bits per heavy atom. The van der Waals surface area contributed by atoms with Crippen molar-refractivity contribution in [3.63, 3.8) is 0 Å². The minimum atomic E-state index is -4.27. The van der Waals surface area contributed by atoms with E-state index >= 15 is 0 Å². The van der Waals surface area contributed by atoms with E-state index in [-0.39, 0.29) is 11.0 Å². The fourth-order valence-corrected chi connectivity index (χ4v) is 1.15. The van der Waals surface area contributed by atoms with E-state index in [2.05, 4.69) is 8.75 Å². The van der Waals surface area contributed by atoms with Gasteiger partial charge in [0.2, 0.25) is 0 Å². The summed E-state index contributed by atoms with van der Waals surface area (Å²) in [7, 11) is 0. The summed E-state index contributed by atoms with van der Waals surface area (Å²) in [5.74, 6) is -0.0287. The highest BCUT2D eigenvalue weighted by atomic mass is 35.5.